The van der Waals surface area contributed by atoms with Gasteiger partial charge in [0, 0.05) is 29.5 Å². The molecule has 2 rings (SSSR count). The number of aromatic nitrogens is 1. The maximum absolute atomic E-state index is 11.8. The lowest BCUT2D eigenvalue weighted by molar-refractivity contribution is -0.124. The SMILES string of the molecule is Cc1csc([C@@H](C)CNC(=O)C2CC=CC2)n1. The minimum absolute atomic E-state index is 0.153. The van der Waals surface area contributed by atoms with Gasteiger partial charge in [0.1, 0.15) is 0 Å². The van der Waals surface area contributed by atoms with Crippen LogP contribution in [0.1, 0.15) is 36.4 Å². The van der Waals surface area contributed by atoms with E-state index in [0.717, 1.165) is 23.5 Å². The highest BCUT2D eigenvalue weighted by molar-refractivity contribution is 7.09. The predicted octanol–water partition coefficient (Wildman–Crippen LogP) is 2.64. The van der Waals surface area contributed by atoms with Gasteiger partial charge in [-0.05, 0) is 19.8 Å². The zero-order valence-corrected chi connectivity index (χ0v) is 11.1. The Bertz CT molecular complexity index is 417. The number of carbonyl (C=O) groups excluding carboxylic acids is 1. The van der Waals surface area contributed by atoms with Gasteiger partial charge in [0.2, 0.25) is 5.91 Å². The summed E-state index contributed by atoms with van der Waals surface area (Å²) in [5.74, 6) is 0.627. The van der Waals surface area contributed by atoms with Crippen LogP contribution in [0.15, 0.2) is 17.5 Å². The fourth-order valence-corrected chi connectivity index (χ4v) is 2.77. The first-order valence-corrected chi connectivity index (χ1v) is 6.89. The minimum Gasteiger partial charge on any atom is -0.355 e. The Morgan fingerprint density at radius 3 is 2.88 bits per heavy atom. The Morgan fingerprint density at radius 2 is 2.29 bits per heavy atom. The fraction of sp³-hybridized carbons (Fsp3) is 0.538. The summed E-state index contributed by atoms with van der Waals surface area (Å²) in [5.41, 5.74) is 1.06. The van der Waals surface area contributed by atoms with Gasteiger partial charge in [0.25, 0.3) is 0 Å². The van der Waals surface area contributed by atoms with Crippen molar-refractivity contribution in [3.63, 3.8) is 0 Å². The molecule has 0 radical (unpaired) electrons. The third kappa shape index (κ3) is 3.16. The van der Waals surface area contributed by atoms with Crippen LogP contribution in [0.4, 0.5) is 0 Å². The Morgan fingerprint density at radius 1 is 1.59 bits per heavy atom. The maximum Gasteiger partial charge on any atom is 0.223 e. The second-order valence-corrected chi connectivity index (χ2v) is 5.50. The molecule has 0 saturated carbocycles. The van der Waals surface area contributed by atoms with E-state index in [1.807, 2.05) is 6.92 Å². The van der Waals surface area contributed by atoms with Gasteiger partial charge in [-0.3, -0.25) is 4.79 Å². The highest BCUT2D eigenvalue weighted by atomic mass is 32.1. The van der Waals surface area contributed by atoms with Crippen molar-refractivity contribution < 1.29 is 4.79 Å². The molecule has 17 heavy (non-hydrogen) atoms. The van der Waals surface area contributed by atoms with Crippen LogP contribution in [0, 0.1) is 12.8 Å². The average Bonchev–Trinajstić information content (AvgIpc) is 2.95. The molecule has 1 N–H and O–H groups in total. The topological polar surface area (TPSA) is 42.0 Å². The summed E-state index contributed by atoms with van der Waals surface area (Å²) >= 11 is 1.67. The Hall–Kier alpha value is -1.16. The Kier molecular flexibility index (Phi) is 3.94. The van der Waals surface area contributed by atoms with Gasteiger partial charge in [-0.1, -0.05) is 19.1 Å². The average molecular weight is 250 g/mol. The van der Waals surface area contributed by atoms with Gasteiger partial charge in [-0.15, -0.1) is 11.3 Å². The lowest BCUT2D eigenvalue weighted by atomic mass is 10.1. The van der Waals surface area contributed by atoms with Gasteiger partial charge in [-0.2, -0.15) is 0 Å². The largest absolute Gasteiger partial charge is 0.355 e. The van der Waals surface area contributed by atoms with Crippen LogP contribution < -0.4 is 5.32 Å². The number of nitrogens with one attached hydrogen (secondary N) is 1. The first-order valence-electron chi connectivity index (χ1n) is 6.01. The molecule has 1 heterocycles. The summed E-state index contributed by atoms with van der Waals surface area (Å²) in [6.45, 7) is 4.78. The summed E-state index contributed by atoms with van der Waals surface area (Å²) in [6.07, 6.45) is 5.93. The van der Waals surface area contributed by atoms with Crippen LogP contribution in [0.25, 0.3) is 0 Å². The third-order valence-corrected chi connectivity index (χ3v) is 4.21. The van der Waals surface area contributed by atoms with Gasteiger partial charge >= 0.3 is 0 Å². The molecule has 4 heteroatoms. The molecule has 3 nitrogen and oxygen atoms in total. The quantitative estimate of drug-likeness (QED) is 0.835. The van der Waals surface area contributed by atoms with Crippen LogP contribution in [0.5, 0.6) is 0 Å². The van der Waals surface area contributed by atoms with Gasteiger partial charge in [0.05, 0.1) is 5.01 Å². The van der Waals surface area contributed by atoms with E-state index >= 15 is 0 Å². The molecule has 0 unspecified atom stereocenters. The molecule has 1 amide bonds. The highest BCUT2D eigenvalue weighted by Crippen LogP contribution is 2.20. The van der Waals surface area contributed by atoms with Crippen molar-refractivity contribution in [1.29, 1.82) is 0 Å². The molecule has 0 bridgehead atoms. The smallest absolute Gasteiger partial charge is 0.223 e. The van der Waals surface area contributed by atoms with Crippen molar-refractivity contribution in [3.05, 3.63) is 28.2 Å². The van der Waals surface area contributed by atoms with E-state index in [2.05, 4.69) is 34.8 Å². The number of hydrogen-bond donors (Lipinski definition) is 1. The molecule has 0 aromatic carbocycles. The first-order chi connectivity index (χ1) is 8.16. The minimum atomic E-state index is 0.153. The third-order valence-electron chi connectivity index (χ3n) is 3.02. The van der Waals surface area contributed by atoms with Crippen molar-refractivity contribution >= 4 is 17.2 Å². The highest BCUT2D eigenvalue weighted by Gasteiger charge is 2.19. The van der Waals surface area contributed by atoms with Crippen LogP contribution in [-0.4, -0.2) is 17.4 Å². The summed E-state index contributed by atoms with van der Waals surface area (Å²) < 4.78 is 0. The number of aryl methyl sites for hydroxylation is 1. The normalized spacial score (nSPS) is 17.3. The van der Waals surface area contributed by atoms with E-state index in [-0.39, 0.29) is 11.8 Å². The van der Waals surface area contributed by atoms with E-state index in [0.29, 0.717) is 12.5 Å². The van der Waals surface area contributed by atoms with E-state index in [9.17, 15) is 4.79 Å². The van der Waals surface area contributed by atoms with Crippen molar-refractivity contribution in [2.75, 3.05) is 6.54 Å². The number of thiazole rings is 1. The Labute approximate surface area is 106 Å². The summed E-state index contributed by atoms with van der Waals surface area (Å²) in [6, 6.07) is 0. The number of hydrogen-bond acceptors (Lipinski definition) is 3. The number of nitrogens with zero attached hydrogens (tertiary/aromatic N) is 1. The van der Waals surface area contributed by atoms with Crippen LogP contribution >= 0.6 is 11.3 Å². The number of carbonyl (C=O) groups is 1. The zero-order valence-electron chi connectivity index (χ0n) is 10.3. The van der Waals surface area contributed by atoms with Crippen molar-refractivity contribution in [3.8, 4) is 0 Å². The van der Waals surface area contributed by atoms with E-state index in [4.69, 9.17) is 0 Å². The van der Waals surface area contributed by atoms with Gasteiger partial charge < -0.3 is 5.32 Å². The molecule has 0 aliphatic heterocycles. The standard InChI is InChI=1S/C13H18N2OS/c1-9(13-15-10(2)8-17-13)7-14-12(16)11-5-3-4-6-11/h3-4,8-9,11H,5-7H2,1-2H3,(H,14,16)/t9-/m0/s1. The molecule has 1 aliphatic rings. The van der Waals surface area contributed by atoms with Crippen LogP contribution in [-0.2, 0) is 4.79 Å². The van der Waals surface area contributed by atoms with E-state index in [1.165, 1.54) is 0 Å². The molecule has 1 aromatic heterocycles. The van der Waals surface area contributed by atoms with Gasteiger partial charge in [-0.25, -0.2) is 4.98 Å². The van der Waals surface area contributed by atoms with E-state index in [1.54, 1.807) is 11.3 Å². The second-order valence-electron chi connectivity index (χ2n) is 4.61. The first kappa shape index (κ1) is 12.3. The van der Waals surface area contributed by atoms with Gasteiger partial charge in [0.15, 0.2) is 0 Å². The molecule has 0 fully saturated rings. The molecule has 0 spiro atoms. The molecule has 92 valence electrons. The lowest BCUT2D eigenvalue weighted by Crippen LogP contribution is -2.32. The molecule has 1 atom stereocenters. The van der Waals surface area contributed by atoms with Crippen LogP contribution in [0.2, 0.25) is 0 Å². The molecular formula is C13H18N2OS. The lowest BCUT2D eigenvalue weighted by Gasteiger charge is -2.13. The number of allylic oxidation sites excluding steroid dienone is 2. The number of rotatable bonds is 4. The monoisotopic (exact) mass is 250 g/mol. The molecule has 1 aliphatic carbocycles. The summed E-state index contributed by atoms with van der Waals surface area (Å²) in [4.78, 5) is 16.3. The maximum atomic E-state index is 11.8. The van der Waals surface area contributed by atoms with Crippen molar-refractivity contribution in [2.24, 2.45) is 5.92 Å². The predicted molar refractivity (Wildman–Crippen MR) is 70.1 cm³/mol. The molecule has 0 saturated heterocycles. The molecular weight excluding hydrogens is 232 g/mol. The van der Waals surface area contributed by atoms with Crippen molar-refractivity contribution in [1.82, 2.24) is 10.3 Å². The summed E-state index contributed by atoms with van der Waals surface area (Å²) in [7, 11) is 0. The van der Waals surface area contributed by atoms with E-state index < -0.39 is 0 Å². The van der Waals surface area contributed by atoms with Crippen molar-refractivity contribution in [2.45, 2.75) is 32.6 Å². The summed E-state index contributed by atoms with van der Waals surface area (Å²) in [5, 5.41) is 6.17. The fourth-order valence-electron chi connectivity index (χ4n) is 1.92. The van der Waals surface area contributed by atoms with Crippen LogP contribution in [0.3, 0.4) is 0 Å². The second kappa shape index (κ2) is 5.45. The zero-order chi connectivity index (χ0) is 12.3. The molecule has 1 aromatic rings. The number of amides is 1. The Balaban J connectivity index is 1.79.